The average Bonchev–Trinajstić information content (AvgIpc) is 2.39. The molecule has 0 aliphatic rings. The van der Waals surface area contributed by atoms with Crippen molar-refractivity contribution >= 4 is 16.7 Å². The maximum Gasteiger partial charge on any atom is 0.255 e. The van der Waals surface area contributed by atoms with E-state index in [4.69, 9.17) is 0 Å². The summed E-state index contributed by atoms with van der Waals surface area (Å²) in [5.74, 6) is -0.172. The summed E-state index contributed by atoms with van der Waals surface area (Å²) in [6, 6.07) is 7.10. The minimum Gasteiger partial charge on any atom is -0.351 e. The van der Waals surface area contributed by atoms with Crippen LogP contribution < -0.4 is 10.9 Å². The van der Waals surface area contributed by atoms with Crippen LogP contribution in [-0.2, 0) is 0 Å². The number of nitrogens with zero attached hydrogens (tertiary/aromatic N) is 1. The number of rotatable bonds is 4. The molecule has 0 radical (unpaired) electrons. The predicted octanol–water partition coefficient (Wildman–Crippen LogP) is 0.820. The summed E-state index contributed by atoms with van der Waals surface area (Å²) >= 11 is 0. The normalized spacial score (nSPS) is 10.9. The second-order valence-corrected chi connectivity index (χ2v) is 4.64. The van der Waals surface area contributed by atoms with Crippen LogP contribution in [-0.4, -0.2) is 43.0 Å². The van der Waals surface area contributed by atoms with Gasteiger partial charge >= 0.3 is 0 Å². The van der Waals surface area contributed by atoms with Crippen molar-refractivity contribution in [3.63, 3.8) is 0 Å². The third-order valence-electron chi connectivity index (χ3n) is 2.90. The molecule has 0 saturated heterocycles. The first-order valence-electron chi connectivity index (χ1n) is 6.13. The van der Waals surface area contributed by atoms with Crippen LogP contribution in [0, 0.1) is 0 Å². The van der Waals surface area contributed by atoms with Crippen LogP contribution in [0.15, 0.2) is 35.3 Å². The molecule has 1 heterocycles. The summed E-state index contributed by atoms with van der Waals surface area (Å²) in [5.41, 5.74) is 0.314. The van der Waals surface area contributed by atoms with Gasteiger partial charge in [0.2, 0.25) is 0 Å². The van der Waals surface area contributed by atoms with Crippen LogP contribution in [0.25, 0.3) is 10.8 Å². The van der Waals surface area contributed by atoms with Crippen LogP contribution in [0.5, 0.6) is 0 Å². The van der Waals surface area contributed by atoms with Crippen molar-refractivity contribution in [3.05, 3.63) is 46.4 Å². The topological polar surface area (TPSA) is 65.2 Å². The van der Waals surface area contributed by atoms with Gasteiger partial charge in [-0.2, -0.15) is 0 Å². The van der Waals surface area contributed by atoms with Gasteiger partial charge in [0.15, 0.2) is 0 Å². The molecule has 19 heavy (non-hydrogen) atoms. The van der Waals surface area contributed by atoms with Gasteiger partial charge in [-0.05, 0) is 20.2 Å². The molecule has 2 rings (SSSR count). The first-order valence-corrected chi connectivity index (χ1v) is 6.13. The van der Waals surface area contributed by atoms with Crippen molar-refractivity contribution in [2.75, 3.05) is 27.2 Å². The molecule has 100 valence electrons. The molecule has 1 amide bonds. The number of nitrogens with one attached hydrogen (secondary N) is 2. The molecule has 1 aromatic carbocycles. The standard InChI is InChI=1S/C14H17N3O2/c1-17(2)8-7-15-14(19)12-9-16-13(18)11-6-4-3-5-10(11)12/h3-6,9H,7-8H2,1-2H3,(H,15,19)(H,16,18). The molecule has 0 aliphatic carbocycles. The van der Waals surface area contributed by atoms with Crippen molar-refractivity contribution in [2.24, 2.45) is 0 Å². The molecule has 5 heteroatoms. The molecule has 0 atom stereocenters. The molecule has 1 aromatic heterocycles. The Bertz CT molecular complexity index is 646. The fraction of sp³-hybridized carbons (Fsp3) is 0.286. The fourth-order valence-corrected chi connectivity index (χ4v) is 1.89. The Kier molecular flexibility index (Phi) is 3.97. The molecule has 2 N–H and O–H groups in total. The zero-order chi connectivity index (χ0) is 13.8. The third-order valence-corrected chi connectivity index (χ3v) is 2.90. The van der Waals surface area contributed by atoms with Gasteiger partial charge in [0, 0.05) is 30.1 Å². The Balaban J connectivity index is 2.28. The van der Waals surface area contributed by atoms with Crippen LogP contribution in [0.1, 0.15) is 10.4 Å². The summed E-state index contributed by atoms with van der Waals surface area (Å²) in [7, 11) is 3.89. The number of likely N-dealkylation sites (N-methyl/N-ethyl adjacent to an activating group) is 1. The number of amides is 1. The van der Waals surface area contributed by atoms with E-state index in [0.717, 1.165) is 6.54 Å². The Hall–Kier alpha value is -2.14. The number of aromatic nitrogens is 1. The Morgan fingerprint density at radius 3 is 2.63 bits per heavy atom. The number of aromatic amines is 1. The van der Waals surface area contributed by atoms with E-state index in [1.54, 1.807) is 18.2 Å². The first-order chi connectivity index (χ1) is 9.09. The van der Waals surface area contributed by atoms with E-state index in [1.165, 1.54) is 6.20 Å². The summed E-state index contributed by atoms with van der Waals surface area (Å²) in [4.78, 5) is 28.4. The largest absolute Gasteiger partial charge is 0.351 e. The second kappa shape index (κ2) is 5.67. The lowest BCUT2D eigenvalue weighted by molar-refractivity contribution is 0.0952. The van der Waals surface area contributed by atoms with E-state index in [9.17, 15) is 9.59 Å². The number of H-pyrrole nitrogens is 1. The van der Waals surface area contributed by atoms with Gasteiger partial charge in [-0.15, -0.1) is 0 Å². The van der Waals surface area contributed by atoms with E-state index >= 15 is 0 Å². The van der Waals surface area contributed by atoms with Crippen LogP contribution in [0.3, 0.4) is 0 Å². The average molecular weight is 259 g/mol. The van der Waals surface area contributed by atoms with E-state index in [-0.39, 0.29) is 11.5 Å². The third kappa shape index (κ3) is 3.00. The fourth-order valence-electron chi connectivity index (χ4n) is 1.89. The quantitative estimate of drug-likeness (QED) is 0.854. The second-order valence-electron chi connectivity index (χ2n) is 4.64. The number of pyridine rings is 1. The van der Waals surface area contributed by atoms with Gasteiger partial charge in [0.25, 0.3) is 11.5 Å². The number of benzene rings is 1. The summed E-state index contributed by atoms with van der Waals surface area (Å²) in [6.45, 7) is 1.34. The molecule has 2 aromatic rings. The Labute approximate surface area is 111 Å². The van der Waals surface area contributed by atoms with Crippen molar-refractivity contribution in [1.29, 1.82) is 0 Å². The summed E-state index contributed by atoms with van der Waals surface area (Å²) in [6.07, 6.45) is 1.47. The molecule has 0 unspecified atom stereocenters. The highest BCUT2D eigenvalue weighted by atomic mass is 16.1. The maximum atomic E-state index is 12.1. The SMILES string of the molecule is CN(C)CCNC(=O)c1c[nH]c(=O)c2ccccc12. The van der Waals surface area contributed by atoms with Gasteiger partial charge in [-0.1, -0.05) is 18.2 Å². The number of fused-ring (bicyclic) bond motifs is 1. The molecule has 5 nitrogen and oxygen atoms in total. The lowest BCUT2D eigenvalue weighted by atomic mass is 10.1. The van der Waals surface area contributed by atoms with Crippen LogP contribution in [0.4, 0.5) is 0 Å². The number of carbonyl (C=O) groups excluding carboxylic acids is 1. The lowest BCUT2D eigenvalue weighted by Crippen LogP contribution is -2.31. The first kappa shape index (κ1) is 13.3. The van der Waals surface area contributed by atoms with Gasteiger partial charge in [-0.3, -0.25) is 9.59 Å². The van der Waals surface area contributed by atoms with Crippen molar-refractivity contribution in [3.8, 4) is 0 Å². The highest BCUT2D eigenvalue weighted by Crippen LogP contribution is 2.13. The maximum absolute atomic E-state index is 12.1. The Morgan fingerprint density at radius 2 is 1.95 bits per heavy atom. The van der Waals surface area contributed by atoms with E-state index in [2.05, 4.69) is 10.3 Å². The molecule has 0 spiro atoms. The molecule has 0 fully saturated rings. The van der Waals surface area contributed by atoms with Crippen molar-refractivity contribution in [1.82, 2.24) is 15.2 Å². The zero-order valence-corrected chi connectivity index (χ0v) is 11.1. The van der Waals surface area contributed by atoms with E-state index < -0.39 is 0 Å². The number of hydrogen-bond acceptors (Lipinski definition) is 3. The van der Waals surface area contributed by atoms with Crippen LogP contribution in [0.2, 0.25) is 0 Å². The molecular weight excluding hydrogens is 242 g/mol. The van der Waals surface area contributed by atoms with E-state index in [1.807, 2.05) is 25.1 Å². The van der Waals surface area contributed by atoms with Gasteiger partial charge in [0.05, 0.1) is 5.56 Å². The monoisotopic (exact) mass is 259 g/mol. The van der Waals surface area contributed by atoms with Crippen molar-refractivity contribution < 1.29 is 4.79 Å². The van der Waals surface area contributed by atoms with Crippen LogP contribution >= 0.6 is 0 Å². The minimum atomic E-state index is -0.180. The Morgan fingerprint density at radius 1 is 1.26 bits per heavy atom. The highest BCUT2D eigenvalue weighted by Gasteiger charge is 2.11. The smallest absolute Gasteiger partial charge is 0.255 e. The number of hydrogen-bond donors (Lipinski definition) is 2. The highest BCUT2D eigenvalue weighted by molar-refractivity contribution is 6.06. The molecule has 0 aliphatic heterocycles. The predicted molar refractivity (Wildman–Crippen MR) is 75.5 cm³/mol. The van der Waals surface area contributed by atoms with Gasteiger partial charge < -0.3 is 15.2 Å². The van der Waals surface area contributed by atoms with Crippen molar-refractivity contribution in [2.45, 2.75) is 0 Å². The lowest BCUT2D eigenvalue weighted by Gasteiger charge is -2.11. The summed E-state index contributed by atoms with van der Waals surface area (Å²) < 4.78 is 0. The number of carbonyl (C=O) groups is 1. The summed E-state index contributed by atoms with van der Waals surface area (Å²) in [5, 5.41) is 4.04. The van der Waals surface area contributed by atoms with E-state index in [0.29, 0.717) is 22.9 Å². The molecular formula is C14H17N3O2. The molecule has 0 bridgehead atoms. The minimum absolute atomic E-state index is 0.172. The zero-order valence-electron chi connectivity index (χ0n) is 11.1. The van der Waals surface area contributed by atoms with Gasteiger partial charge in [0.1, 0.15) is 0 Å². The molecule has 0 saturated carbocycles. The van der Waals surface area contributed by atoms with Gasteiger partial charge in [-0.25, -0.2) is 0 Å².